The maximum atomic E-state index is 12.8. The highest BCUT2D eigenvalue weighted by Crippen LogP contribution is 2.35. The van der Waals surface area contributed by atoms with Crippen molar-refractivity contribution in [1.82, 2.24) is 19.5 Å². The van der Waals surface area contributed by atoms with Crippen LogP contribution in [0.25, 0.3) is 5.82 Å². The number of nitrogens with one attached hydrogen (secondary N) is 1. The van der Waals surface area contributed by atoms with Crippen molar-refractivity contribution in [1.29, 1.82) is 0 Å². The van der Waals surface area contributed by atoms with Gasteiger partial charge in [0.1, 0.15) is 24.3 Å². The van der Waals surface area contributed by atoms with Crippen LogP contribution >= 0.6 is 11.3 Å². The molecule has 0 aliphatic rings. The summed E-state index contributed by atoms with van der Waals surface area (Å²) in [4.78, 5) is 36.1. The predicted octanol–water partition coefficient (Wildman–Crippen LogP) is 3.47. The molecule has 4 rings (SSSR count). The summed E-state index contributed by atoms with van der Waals surface area (Å²) in [6, 6.07) is 5.76. The fourth-order valence-corrected chi connectivity index (χ4v) is 3.36. The molecule has 1 N–H and O–H groups in total. The minimum atomic E-state index is -0.682. The molecule has 0 saturated carbocycles. The summed E-state index contributed by atoms with van der Waals surface area (Å²) in [7, 11) is 1.39. The average Bonchev–Trinajstić information content (AvgIpc) is 3.52. The second-order valence-electron chi connectivity index (χ2n) is 6.37. The molecule has 0 unspecified atom stereocenters. The molecule has 162 valence electrons. The molecule has 3 heterocycles. The van der Waals surface area contributed by atoms with E-state index in [9.17, 15) is 14.9 Å². The van der Waals surface area contributed by atoms with E-state index in [2.05, 4.69) is 20.3 Å². The number of rotatable bonds is 8. The zero-order valence-electron chi connectivity index (χ0n) is 16.7. The van der Waals surface area contributed by atoms with Crippen molar-refractivity contribution in [3.8, 4) is 17.3 Å². The number of amides is 1. The number of carbonyl (C=O) groups is 1. The number of nitro groups is 1. The largest absolute Gasteiger partial charge is 0.493 e. The number of aromatic nitrogens is 4. The number of nitro benzene ring substituents is 1. The van der Waals surface area contributed by atoms with Gasteiger partial charge < -0.3 is 14.8 Å². The average molecular weight is 452 g/mol. The zero-order valence-corrected chi connectivity index (χ0v) is 17.5. The Bertz CT molecular complexity index is 1230. The summed E-state index contributed by atoms with van der Waals surface area (Å²) in [5.74, 6) is 0.243. The number of carbonyl (C=O) groups excluding carboxylic acids is 1. The first-order valence-corrected chi connectivity index (χ1v) is 10.1. The van der Waals surface area contributed by atoms with Gasteiger partial charge in [-0.05, 0) is 12.1 Å². The maximum absolute atomic E-state index is 12.8. The molecule has 4 aromatic rings. The summed E-state index contributed by atoms with van der Waals surface area (Å²) >= 11 is 1.41. The molecule has 3 aromatic heterocycles. The lowest BCUT2D eigenvalue weighted by atomic mass is 10.1. The molecule has 12 heteroatoms. The Balaban J connectivity index is 1.57. The van der Waals surface area contributed by atoms with Crippen LogP contribution in [0.3, 0.4) is 0 Å². The summed E-state index contributed by atoms with van der Waals surface area (Å²) in [5, 5.41) is 16.1. The standard InChI is InChI=1S/C20H16N6O5S/c1-30-17-6-15(16(26(28)29)7-18(17)31-9-14-10-32-12-23-14)20(27)24-13-2-3-19(22-8-13)25-5-4-21-11-25/h2-8,10-12H,9H2,1H3,(H,24,27). The van der Waals surface area contributed by atoms with E-state index in [4.69, 9.17) is 9.47 Å². The number of nitrogens with zero attached hydrogens (tertiary/aromatic N) is 5. The predicted molar refractivity (Wildman–Crippen MR) is 115 cm³/mol. The van der Waals surface area contributed by atoms with E-state index in [1.165, 1.54) is 36.8 Å². The molecule has 11 nitrogen and oxygen atoms in total. The van der Waals surface area contributed by atoms with E-state index in [0.717, 1.165) is 0 Å². The van der Waals surface area contributed by atoms with Crippen LogP contribution in [0.4, 0.5) is 11.4 Å². The Morgan fingerprint density at radius 2 is 2.16 bits per heavy atom. The summed E-state index contributed by atoms with van der Waals surface area (Å²) < 4.78 is 12.6. The Labute approximate surface area is 185 Å². The third-order valence-corrected chi connectivity index (χ3v) is 4.99. The number of hydrogen-bond acceptors (Lipinski definition) is 9. The number of hydrogen-bond donors (Lipinski definition) is 1. The van der Waals surface area contributed by atoms with Crippen LogP contribution in [0.2, 0.25) is 0 Å². The molecule has 0 saturated heterocycles. The monoisotopic (exact) mass is 452 g/mol. The first-order chi connectivity index (χ1) is 15.5. The molecule has 0 bridgehead atoms. The van der Waals surface area contributed by atoms with E-state index in [0.29, 0.717) is 17.2 Å². The van der Waals surface area contributed by atoms with Gasteiger partial charge in [0.15, 0.2) is 11.5 Å². The van der Waals surface area contributed by atoms with Gasteiger partial charge in [0.25, 0.3) is 11.6 Å². The van der Waals surface area contributed by atoms with Crippen molar-refractivity contribution in [2.45, 2.75) is 6.61 Å². The van der Waals surface area contributed by atoms with Crippen molar-refractivity contribution in [3.63, 3.8) is 0 Å². The van der Waals surface area contributed by atoms with Crippen LogP contribution in [0.5, 0.6) is 11.5 Å². The SMILES string of the molecule is COc1cc(C(=O)Nc2ccc(-n3ccnc3)nc2)c([N+](=O)[O-])cc1OCc1cscn1. The lowest BCUT2D eigenvalue weighted by Gasteiger charge is -2.12. The van der Waals surface area contributed by atoms with Crippen LogP contribution in [0.1, 0.15) is 16.1 Å². The van der Waals surface area contributed by atoms with Crippen LogP contribution in [0.15, 0.2) is 60.1 Å². The normalized spacial score (nSPS) is 10.5. The second-order valence-corrected chi connectivity index (χ2v) is 7.09. The van der Waals surface area contributed by atoms with Crippen LogP contribution in [-0.2, 0) is 6.61 Å². The molecule has 0 spiro atoms. The molecule has 32 heavy (non-hydrogen) atoms. The van der Waals surface area contributed by atoms with Crippen LogP contribution < -0.4 is 14.8 Å². The van der Waals surface area contributed by atoms with Crippen molar-refractivity contribution >= 4 is 28.6 Å². The quantitative estimate of drug-likeness (QED) is 0.317. The molecule has 0 aliphatic carbocycles. The van der Waals surface area contributed by atoms with Crippen molar-refractivity contribution < 1.29 is 19.2 Å². The van der Waals surface area contributed by atoms with Gasteiger partial charge in [-0.3, -0.25) is 19.5 Å². The van der Waals surface area contributed by atoms with Gasteiger partial charge in [-0.1, -0.05) is 0 Å². The van der Waals surface area contributed by atoms with Crippen molar-refractivity contribution in [2.75, 3.05) is 12.4 Å². The number of thiazole rings is 1. The molecule has 0 fully saturated rings. The van der Waals surface area contributed by atoms with Gasteiger partial charge in [0, 0.05) is 23.8 Å². The number of benzene rings is 1. The number of imidazole rings is 1. The smallest absolute Gasteiger partial charge is 0.286 e. The molecule has 0 aliphatic heterocycles. The first-order valence-electron chi connectivity index (χ1n) is 9.17. The van der Waals surface area contributed by atoms with Gasteiger partial charge in [-0.2, -0.15) is 0 Å². The zero-order chi connectivity index (χ0) is 22.5. The highest BCUT2D eigenvalue weighted by molar-refractivity contribution is 7.07. The topological polar surface area (TPSA) is 134 Å². The van der Waals surface area contributed by atoms with Gasteiger partial charge in [-0.25, -0.2) is 15.0 Å². The van der Waals surface area contributed by atoms with Crippen molar-refractivity contribution in [2.24, 2.45) is 0 Å². The van der Waals surface area contributed by atoms with E-state index in [1.807, 2.05) is 0 Å². The molecule has 0 atom stereocenters. The van der Waals surface area contributed by atoms with Gasteiger partial charge >= 0.3 is 0 Å². The number of ether oxygens (including phenoxy) is 2. The molecule has 1 amide bonds. The lowest BCUT2D eigenvalue weighted by Crippen LogP contribution is -2.15. The fraction of sp³-hybridized carbons (Fsp3) is 0.100. The number of anilines is 1. The fourth-order valence-electron chi connectivity index (χ4n) is 2.82. The maximum Gasteiger partial charge on any atom is 0.286 e. The van der Waals surface area contributed by atoms with Crippen LogP contribution in [-0.4, -0.2) is 37.5 Å². The molecule has 0 radical (unpaired) electrons. The lowest BCUT2D eigenvalue weighted by molar-refractivity contribution is -0.385. The molecular weight excluding hydrogens is 436 g/mol. The summed E-state index contributed by atoms with van der Waals surface area (Å²) in [5.41, 5.74) is 2.11. The summed E-state index contributed by atoms with van der Waals surface area (Å²) in [6.45, 7) is 0.109. The highest BCUT2D eigenvalue weighted by Gasteiger charge is 2.25. The summed E-state index contributed by atoms with van der Waals surface area (Å²) in [6.07, 6.45) is 6.39. The Kier molecular flexibility index (Phi) is 6.03. The van der Waals surface area contributed by atoms with Gasteiger partial charge in [0.2, 0.25) is 0 Å². The van der Waals surface area contributed by atoms with Gasteiger partial charge in [0.05, 0.1) is 41.2 Å². The Morgan fingerprint density at radius 1 is 1.28 bits per heavy atom. The van der Waals surface area contributed by atoms with Gasteiger partial charge in [-0.15, -0.1) is 11.3 Å². The van der Waals surface area contributed by atoms with Crippen molar-refractivity contribution in [3.05, 3.63) is 81.4 Å². The third kappa shape index (κ3) is 4.54. The molecule has 1 aromatic carbocycles. The number of pyridine rings is 1. The Morgan fingerprint density at radius 3 is 2.78 bits per heavy atom. The first kappa shape index (κ1) is 20.9. The van der Waals surface area contributed by atoms with E-state index >= 15 is 0 Å². The highest BCUT2D eigenvalue weighted by atomic mass is 32.1. The van der Waals surface area contributed by atoms with E-state index in [1.54, 1.807) is 46.3 Å². The Hall–Kier alpha value is -4.32. The van der Waals surface area contributed by atoms with Crippen LogP contribution in [0, 0.1) is 10.1 Å². The van der Waals surface area contributed by atoms with E-state index in [-0.39, 0.29) is 23.7 Å². The second kappa shape index (κ2) is 9.22. The minimum Gasteiger partial charge on any atom is -0.493 e. The number of methoxy groups -OCH3 is 1. The molecular formula is C20H16N6O5S. The van der Waals surface area contributed by atoms with E-state index < -0.39 is 16.5 Å². The minimum absolute atomic E-state index is 0.109. The third-order valence-electron chi connectivity index (χ3n) is 4.36.